The number of nitrogens with zero attached hydrogens (tertiary/aromatic N) is 1. The fourth-order valence-electron chi connectivity index (χ4n) is 5.00. The summed E-state index contributed by atoms with van der Waals surface area (Å²) >= 11 is 0. The lowest BCUT2D eigenvalue weighted by Gasteiger charge is -2.37. The Kier molecular flexibility index (Phi) is 11.1. The van der Waals surface area contributed by atoms with Crippen molar-refractivity contribution in [3.05, 3.63) is 18.4 Å². The molecule has 11 heteroatoms. The molecular weight excluding hydrogens is 512 g/mol. The van der Waals surface area contributed by atoms with Crippen molar-refractivity contribution >= 4 is 29.5 Å². The summed E-state index contributed by atoms with van der Waals surface area (Å²) in [6.07, 6.45) is 4.27. The molecule has 0 aromatic heterocycles. The monoisotopic (exact) mass is 560 g/mol. The molecule has 5 atom stereocenters. The van der Waals surface area contributed by atoms with Crippen molar-refractivity contribution in [2.24, 2.45) is 28.4 Å². The maximum absolute atomic E-state index is 14.0. The minimum atomic E-state index is -1.11. The number of hydrogen-bond donors (Lipinski definition) is 5. The van der Waals surface area contributed by atoms with Gasteiger partial charge in [-0.05, 0) is 42.7 Å². The third-order valence-electron chi connectivity index (χ3n) is 7.62. The van der Waals surface area contributed by atoms with E-state index in [-0.39, 0.29) is 23.9 Å². The molecule has 1 aliphatic carbocycles. The lowest BCUT2D eigenvalue weighted by molar-refractivity contribution is -0.144. The van der Waals surface area contributed by atoms with Crippen LogP contribution in [0, 0.1) is 22.7 Å². The zero-order valence-electron chi connectivity index (χ0n) is 25.1. The van der Waals surface area contributed by atoms with Gasteiger partial charge in [0, 0.05) is 25.0 Å². The summed E-state index contributed by atoms with van der Waals surface area (Å²) in [6.45, 7) is 16.0. The van der Waals surface area contributed by atoms with Gasteiger partial charge in [0.15, 0.2) is 0 Å². The van der Waals surface area contributed by atoms with Crippen LogP contribution in [0.5, 0.6) is 0 Å². The summed E-state index contributed by atoms with van der Waals surface area (Å²) in [7, 11) is 1.80. The molecule has 1 heterocycles. The third-order valence-corrected chi connectivity index (χ3v) is 7.62. The third kappa shape index (κ3) is 8.93. The van der Waals surface area contributed by atoms with E-state index in [9.17, 15) is 24.0 Å². The van der Waals surface area contributed by atoms with Crippen LogP contribution in [0.2, 0.25) is 0 Å². The van der Waals surface area contributed by atoms with Crippen LogP contribution in [-0.2, 0) is 19.2 Å². The Hall–Kier alpha value is -3.17. The second-order valence-electron chi connectivity index (χ2n) is 13.2. The van der Waals surface area contributed by atoms with Gasteiger partial charge in [0.2, 0.25) is 17.6 Å². The number of nitrogens with two attached hydrogens (primary N) is 1. The van der Waals surface area contributed by atoms with Crippen molar-refractivity contribution in [2.75, 3.05) is 20.1 Å². The largest absolute Gasteiger partial charge is 0.363 e. The number of ketones is 1. The highest BCUT2D eigenvalue weighted by Gasteiger charge is 2.46. The fraction of sp³-hybridized carbons (Fsp3) is 0.724. The highest BCUT2D eigenvalue weighted by atomic mass is 16.2. The van der Waals surface area contributed by atoms with E-state index in [1.807, 2.05) is 41.5 Å². The average molecular weight is 561 g/mol. The van der Waals surface area contributed by atoms with Crippen LogP contribution in [0.1, 0.15) is 67.2 Å². The number of primary amides is 1. The van der Waals surface area contributed by atoms with E-state index in [0.717, 1.165) is 12.8 Å². The Morgan fingerprint density at radius 3 is 2.10 bits per heavy atom. The van der Waals surface area contributed by atoms with E-state index in [1.54, 1.807) is 13.1 Å². The second kappa shape index (κ2) is 13.5. The molecule has 11 nitrogen and oxygen atoms in total. The number of likely N-dealkylation sites (tertiary alicyclic amines) is 1. The van der Waals surface area contributed by atoms with Crippen LogP contribution < -0.4 is 27.0 Å². The molecule has 0 aromatic rings. The van der Waals surface area contributed by atoms with Gasteiger partial charge in [-0.15, -0.1) is 5.73 Å². The number of nitrogens with one attached hydrogen (secondary N) is 4. The number of likely N-dealkylation sites (N-methyl/N-ethyl adjacent to an activating group) is 1. The van der Waals surface area contributed by atoms with Gasteiger partial charge < -0.3 is 31.9 Å². The van der Waals surface area contributed by atoms with E-state index in [1.165, 1.54) is 4.90 Å². The SMILES string of the molecule is C=C=C[C@H]1CCN(C(=O)[C@@H](NC(=O)N[C@H](CNC)C(C)(C)C)C(C)(C)C)[C@@H]1C(=O)NC(CC1CC1)C(=O)C(N)=O. The average Bonchev–Trinajstić information content (AvgIpc) is 3.56. The predicted octanol–water partition coefficient (Wildman–Crippen LogP) is 1.23. The van der Waals surface area contributed by atoms with E-state index in [0.29, 0.717) is 19.4 Å². The molecule has 0 spiro atoms. The summed E-state index contributed by atoms with van der Waals surface area (Å²) in [5.74, 6) is -3.09. The van der Waals surface area contributed by atoms with Crippen molar-refractivity contribution in [3.8, 4) is 0 Å². The van der Waals surface area contributed by atoms with E-state index in [4.69, 9.17) is 5.73 Å². The van der Waals surface area contributed by atoms with Gasteiger partial charge in [-0.1, -0.05) is 61.0 Å². The topological polar surface area (TPSA) is 163 Å². The Morgan fingerprint density at radius 1 is 1.00 bits per heavy atom. The number of urea groups is 1. The van der Waals surface area contributed by atoms with Crippen molar-refractivity contribution in [2.45, 2.75) is 91.4 Å². The van der Waals surface area contributed by atoms with Crippen LogP contribution in [0.3, 0.4) is 0 Å². The first-order valence-corrected chi connectivity index (χ1v) is 14.0. The Morgan fingerprint density at radius 2 is 1.62 bits per heavy atom. The smallest absolute Gasteiger partial charge is 0.315 e. The van der Waals surface area contributed by atoms with Gasteiger partial charge in [0.25, 0.3) is 5.91 Å². The summed E-state index contributed by atoms with van der Waals surface area (Å²) in [4.78, 5) is 66.3. The van der Waals surface area contributed by atoms with Crippen LogP contribution in [0.15, 0.2) is 18.4 Å². The molecule has 1 aliphatic heterocycles. The number of rotatable bonds is 12. The van der Waals surface area contributed by atoms with Crippen molar-refractivity contribution < 1.29 is 24.0 Å². The van der Waals surface area contributed by atoms with Gasteiger partial charge in [-0.2, -0.15) is 0 Å². The number of carbonyl (C=O) groups excluding carboxylic acids is 5. The van der Waals surface area contributed by atoms with Crippen molar-refractivity contribution in [1.29, 1.82) is 0 Å². The molecule has 40 heavy (non-hydrogen) atoms. The van der Waals surface area contributed by atoms with Crippen molar-refractivity contribution in [1.82, 2.24) is 26.2 Å². The molecule has 1 saturated carbocycles. The minimum Gasteiger partial charge on any atom is -0.363 e. The van der Waals surface area contributed by atoms with Crippen LogP contribution in [0.25, 0.3) is 0 Å². The highest BCUT2D eigenvalue weighted by Crippen LogP contribution is 2.34. The first kappa shape index (κ1) is 33.0. The lowest BCUT2D eigenvalue weighted by atomic mass is 9.85. The molecule has 2 fully saturated rings. The molecule has 2 aliphatic rings. The van der Waals surface area contributed by atoms with E-state index in [2.05, 4.69) is 33.6 Å². The Bertz CT molecular complexity index is 1020. The second-order valence-corrected chi connectivity index (χ2v) is 13.2. The summed E-state index contributed by atoms with van der Waals surface area (Å²) in [6, 6.07) is -3.65. The first-order valence-electron chi connectivity index (χ1n) is 14.0. The fourth-order valence-corrected chi connectivity index (χ4v) is 5.00. The lowest BCUT2D eigenvalue weighted by Crippen LogP contribution is -2.62. The quantitative estimate of drug-likeness (QED) is 0.178. The summed E-state index contributed by atoms with van der Waals surface area (Å²) in [5, 5.41) is 11.6. The zero-order chi connectivity index (χ0) is 30.4. The van der Waals surface area contributed by atoms with E-state index < -0.39 is 59.0 Å². The molecule has 1 saturated heterocycles. The highest BCUT2D eigenvalue weighted by molar-refractivity contribution is 6.37. The van der Waals surface area contributed by atoms with Gasteiger partial charge in [-0.25, -0.2) is 4.79 Å². The van der Waals surface area contributed by atoms with Crippen LogP contribution in [0.4, 0.5) is 4.79 Å². The number of hydrogen-bond acceptors (Lipinski definition) is 6. The first-order chi connectivity index (χ1) is 18.5. The Balaban J connectivity index is 2.31. The maximum atomic E-state index is 14.0. The van der Waals surface area contributed by atoms with E-state index >= 15 is 0 Å². The van der Waals surface area contributed by atoms with Crippen LogP contribution in [-0.4, -0.2) is 78.7 Å². The number of carbonyl (C=O) groups is 5. The summed E-state index contributed by atoms with van der Waals surface area (Å²) < 4.78 is 0. The number of Topliss-reactive ketones (excluding diaryl/α,β-unsaturated/α-hetero) is 1. The molecule has 0 radical (unpaired) electrons. The molecule has 1 unspecified atom stereocenters. The van der Waals surface area contributed by atoms with Crippen LogP contribution >= 0.6 is 0 Å². The minimum absolute atomic E-state index is 0.202. The molecule has 0 aromatic carbocycles. The molecular formula is C29H48N6O5. The molecule has 5 amide bonds. The Labute approximate surface area is 238 Å². The zero-order valence-corrected chi connectivity index (χ0v) is 25.1. The van der Waals surface area contributed by atoms with Gasteiger partial charge in [0.1, 0.15) is 12.1 Å². The number of amides is 5. The maximum Gasteiger partial charge on any atom is 0.315 e. The van der Waals surface area contributed by atoms with Gasteiger partial charge >= 0.3 is 6.03 Å². The molecule has 2 rings (SSSR count). The van der Waals surface area contributed by atoms with Gasteiger partial charge in [0.05, 0.1) is 6.04 Å². The molecule has 0 bridgehead atoms. The standard InChI is InChI=1S/C29H48N6O5/c1-9-10-18-13-14-35(21(18)25(38)32-19(15-17-11-12-17)22(36)24(30)37)26(39)23(29(5,6)7)34-27(40)33-20(16-31-8)28(2,3)4/h10,17-21,23,31H,1,11-16H2,2-8H3,(H2,30,37)(H,32,38)(H2,33,34,40)/t18-,19?,20+,21-,23+/m0/s1. The van der Waals surface area contributed by atoms with Crippen molar-refractivity contribution in [3.63, 3.8) is 0 Å². The van der Waals surface area contributed by atoms with Gasteiger partial charge in [-0.3, -0.25) is 19.2 Å². The molecule has 224 valence electrons. The summed E-state index contributed by atoms with van der Waals surface area (Å²) in [5.41, 5.74) is 7.04. The normalized spacial score (nSPS) is 21.4. The molecule has 6 N–H and O–H groups in total. The predicted molar refractivity (Wildman–Crippen MR) is 153 cm³/mol.